The second-order valence-electron chi connectivity index (χ2n) is 1.18. The van der Waals surface area contributed by atoms with Crippen molar-refractivity contribution in [2.75, 3.05) is 5.75 Å². The Bertz CT molecular complexity index is 110. The predicted molar refractivity (Wildman–Crippen MR) is 29.7 cm³/mol. The van der Waals surface area contributed by atoms with Gasteiger partial charge >= 0.3 is 0 Å². The van der Waals surface area contributed by atoms with Crippen LogP contribution < -0.4 is 5.32 Å². The van der Waals surface area contributed by atoms with E-state index in [1.165, 1.54) is 11.8 Å². The minimum atomic E-state index is 0.0903. The number of hydrogen-bond donors (Lipinski definition) is 1. The zero-order valence-electron chi connectivity index (χ0n) is 3.68. The molecule has 0 fully saturated rings. The number of hydrogen-bond acceptors (Lipinski definition) is 2. The quantitative estimate of drug-likeness (QED) is 0.492. The van der Waals surface area contributed by atoms with Gasteiger partial charge in [0.25, 0.3) is 0 Å². The van der Waals surface area contributed by atoms with E-state index < -0.39 is 0 Å². The molecule has 0 aromatic carbocycles. The zero-order valence-corrected chi connectivity index (χ0v) is 4.49. The molecule has 0 saturated heterocycles. The molecule has 0 aromatic rings. The molecule has 1 aliphatic rings. The Labute approximate surface area is 46.0 Å². The van der Waals surface area contributed by atoms with E-state index in [9.17, 15) is 4.79 Å². The van der Waals surface area contributed by atoms with E-state index in [1.807, 2.05) is 5.41 Å². The van der Waals surface area contributed by atoms with Crippen LogP contribution in [0.25, 0.3) is 0 Å². The van der Waals surface area contributed by atoms with Crippen molar-refractivity contribution < 1.29 is 4.79 Å². The number of carbonyl (C=O) groups excluding carboxylic acids is 1. The minimum Gasteiger partial charge on any atom is -0.331 e. The van der Waals surface area contributed by atoms with E-state index >= 15 is 0 Å². The fraction of sp³-hybridized carbons (Fsp3) is 0.250. The lowest BCUT2D eigenvalue weighted by molar-refractivity contribution is -0.117. The number of thioether (sulfide) groups is 1. The molecule has 1 aliphatic heterocycles. The van der Waals surface area contributed by atoms with Crippen LogP contribution in [0.4, 0.5) is 0 Å². The fourth-order valence-corrected chi connectivity index (χ4v) is 0.836. The summed E-state index contributed by atoms with van der Waals surface area (Å²) in [6.45, 7) is 0. The number of rotatable bonds is 0. The molecule has 0 unspecified atom stereocenters. The molecule has 2 nitrogen and oxygen atoms in total. The molecule has 0 saturated carbocycles. The maximum absolute atomic E-state index is 10.3. The molecule has 0 bridgehead atoms. The molecule has 0 spiro atoms. The van der Waals surface area contributed by atoms with Crippen LogP contribution in [-0.4, -0.2) is 11.7 Å². The Hall–Kier alpha value is -0.440. The van der Waals surface area contributed by atoms with Gasteiger partial charge in [-0.15, -0.1) is 11.8 Å². The molecule has 1 amide bonds. The lowest BCUT2D eigenvalue weighted by Gasteiger charge is -2.00. The lowest BCUT2D eigenvalue weighted by Crippen LogP contribution is -2.21. The molecule has 0 aliphatic carbocycles. The maximum Gasteiger partial charge on any atom is 0.234 e. The van der Waals surface area contributed by atoms with Gasteiger partial charge < -0.3 is 5.32 Å². The van der Waals surface area contributed by atoms with Crippen LogP contribution in [0.5, 0.6) is 0 Å². The predicted octanol–water partition coefficient (Wildman–Crippen LogP) is 0.321. The highest BCUT2D eigenvalue weighted by atomic mass is 32.2. The smallest absolute Gasteiger partial charge is 0.234 e. The van der Waals surface area contributed by atoms with Gasteiger partial charge in [-0.1, -0.05) is 0 Å². The molecule has 38 valence electrons. The number of carbonyl (C=O) groups is 1. The minimum absolute atomic E-state index is 0.0903. The van der Waals surface area contributed by atoms with Crippen molar-refractivity contribution in [2.45, 2.75) is 0 Å². The summed E-state index contributed by atoms with van der Waals surface area (Å²) in [6.07, 6.45) is 1.65. The second-order valence-corrected chi connectivity index (χ2v) is 2.08. The first-order valence-corrected chi connectivity index (χ1v) is 3.00. The summed E-state index contributed by atoms with van der Waals surface area (Å²) in [7, 11) is 0. The Morgan fingerprint density at radius 1 is 1.86 bits per heavy atom. The first-order valence-electron chi connectivity index (χ1n) is 1.95. The third kappa shape index (κ3) is 1.23. The van der Waals surface area contributed by atoms with Gasteiger partial charge in [0.2, 0.25) is 5.91 Å². The topological polar surface area (TPSA) is 29.1 Å². The SMILES string of the molecule is O=C1CSC=CN1. The zero-order chi connectivity index (χ0) is 5.11. The summed E-state index contributed by atoms with van der Waals surface area (Å²) >= 11 is 1.51. The van der Waals surface area contributed by atoms with Crippen molar-refractivity contribution in [3.63, 3.8) is 0 Å². The summed E-state index contributed by atoms with van der Waals surface area (Å²) in [4.78, 5) is 10.3. The molecular weight excluding hydrogens is 110 g/mol. The van der Waals surface area contributed by atoms with Gasteiger partial charge in [0.05, 0.1) is 5.75 Å². The molecule has 7 heavy (non-hydrogen) atoms. The summed E-state index contributed by atoms with van der Waals surface area (Å²) in [6, 6.07) is 0. The lowest BCUT2D eigenvalue weighted by atomic mass is 10.7. The van der Waals surface area contributed by atoms with Gasteiger partial charge in [0.1, 0.15) is 0 Å². The van der Waals surface area contributed by atoms with E-state index in [1.54, 1.807) is 6.20 Å². The van der Waals surface area contributed by atoms with Gasteiger partial charge in [-0.2, -0.15) is 0 Å². The first-order chi connectivity index (χ1) is 3.39. The van der Waals surface area contributed by atoms with Crippen LogP contribution >= 0.6 is 11.8 Å². The van der Waals surface area contributed by atoms with E-state index in [4.69, 9.17) is 0 Å². The maximum atomic E-state index is 10.3. The molecule has 0 radical (unpaired) electrons. The molecule has 0 atom stereocenters. The van der Waals surface area contributed by atoms with Crippen molar-refractivity contribution in [1.29, 1.82) is 0 Å². The van der Waals surface area contributed by atoms with E-state index in [0.29, 0.717) is 5.75 Å². The average molecular weight is 115 g/mol. The van der Waals surface area contributed by atoms with Crippen LogP contribution in [0.1, 0.15) is 0 Å². The molecule has 1 N–H and O–H groups in total. The van der Waals surface area contributed by atoms with Crippen LogP contribution in [0.15, 0.2) is 11.6 Å². The fourth-order valence-electron chi connectivity index (χ4n) is 0.341. The molecule has 0 aromatic heterocycles. The van der Waals surface area contributed by atoms with Gasteiger partial charge in [-0.25, -0.2) is 0 Å². The molecule has 1 rings (SSSR count). The van der Waals surface area contributed by atoms with E-state index in [-0.39, 0.29) is 5.91 Å². The van der Waals surface area contributed by atoms with Crippen molar-refractivity contribution in [3.05, 3.63) is 11.6 Å². The molecular formula is C4H5NOS. The standard InChI is InChI=1S/C4H5NOS/c6-4-3-7-2-1-5-4/h1-2H,3H2,(H,5,6). The van der Waals surface area contributed by atoms with Gasteiger partial charge in [0.15, 0.2) is 0 Å². The largest absolute Gasteiger partial charge is 0.331 e. The van der Waals surface area contributed by atoms with E-state index in [0.717, 1.165) is 0 Å². The monoisotopic (exact) mass is 115 g/mol. The highest BCUT2D eigenvalue weighted by molar-refractivity contribution is 8.02. The second kappa shape index (κ2) is 2.02. The Morgan fingerprint density at radius 2 is 2.71 bits per heavy atom. The third-order valence-corrected chi connectivity index (χ3v) is 1.38. The summed E-state index contributed by atoms with van der Waals surface area (Å²) < 4.78 is 0. The molecule has 1 heterocycles. The van der Waals surface area contributed by atoms with Crippen molar-refractivity contribution in [1.82, 2.24) is 5.32 Å². The van der Waals surface area contributed by atoms with Crippen molar-refractivity contribution >= 4 is 17.7 Å². The summed E-state index contributed by atoms with van der Waals surface area (Å²) in [5, 5.41) is 4.40. The number of nitrogens with one attached hydrogen (secondary N) is 1. The van der Waals surface area contributed by atoms with Gasteiger partial charge in [0, 0.05) is 6.20 Å². The average Bonchev–Trinajstić information content (AvgIpc) is 1.69. The van der Waals surface area contributed by atoms with Crippen molar-refractivity contribution in [3.8, 4) is 0 Å². The highest BCUT2D eigenvalue weighted by Gasteiger charge is 1.98. The van der Waals surface area contributed by atoms with Crippen molar-refractivity contribution in [2.24, 2.45) is 0 Å². The van der Waals surface area contributed by atoms with Gasteiger partial charge in [-0.05, 0) is 5.41 Å². The van der Waals surface area contributed by atoms with Crippen LogP contribution in [-0.2, 0) is 4.79 Å². The summed E-state index contributed by atoms with van der Waals surface area (Å²) in [5.74, 6) is 0.656. The Balaban J connectivity index is 2.47. The molecule has 3 heteroatoms. The highest BCUT2D eigenvalue weighted by Crippen LogP contribution is 2.03. The van der Waals surface area contributed by atoms with E-state index in [2.05, 4.69) is 5.32 Å². The Kier molecular flexibility index (Phi) is 1.36. The van der Waals surface area contributed by atoms with Gasteiger partial charge in [-0.3, -0.25) is 4.79 Å². The number of amides is 1. The van der Waals surface area contributed by atoms with Crippen LogP contribution in [0.3, 0.4) is 0 Å². The third-order valence-electron chi connectivity index (χ3n) is 0.623. The Morgan fingerprint density at radius 3 is 3.00 bits per heavy atom. The first kappa shape index (κ1) is 4.71. The van der Waals surface area contributed by atoms with Crippen LogP contribution in [0.2, 0.25) is 0 Å². The summed E-state index contributed by atoms with van der Waals surface area (Å²) in [5.41, 5.74) is 0. The normalized spacial score (nSPS) is 19.1. The van der Waals surface area contributed by atoms with Crippen LogP contribution in [0, 0.1) is 0 Å².